The number of ether oxygens (including phenoxy) is 2. The molecule has 2 atom stereocenters. The Morgan fingerprint density at radius 2 is 2.00 bits per heavy atom. The lowest BCUT2D eigenvalue weighted by atomic mass is 10.1. The number of hydrogen-bond donors (Lipinski definition) is 1. The fraction of sp³-hybridized carbons (Fsp3) is 0.538. The molecule has 0 saturated carbocycles. The van der Waals surface area contributed by atoms with Crippen LogP contribution in [0.1, 0.15) is 18.5 Å². The van der Waals surface area contributed by atoms with Gasteiger partial charge in [0.2, 0.25) is 0 Å². The van der Waals surface area contributed by atoms with Crippen LogP contribution in [0.5, 0.6) is 0 Å². The van der Waals surface area contributed by atoms with Gasteiger partial charge in [-0.25, -0.2) is 0 Å². The monoisotopic (exact) mass is 379 g/mol. The summed E-state index contributed by atoms with van der Waals surface area (Å²) in [4.78, 5) is 0. The summed E-state index contributed by atoms with van der Waals surface area (Å²) in [6.07, 6.45) is 0.0756. The van der Waals surface area contributed by atoms with Gasteiger partial charge >= 0.3 is 0 Å². The quantitative estimate of drug-likeness (QED) is 0.784. The Kier molecular flexibility index (Phi) is 7.41. The molecule has 0 bridgehead atoms. The minimum absolute atomic E-state index is 0.0756. The molecule has 3 nitrogen and oxygen atoms in total. The Labute approximate surface area is 125 Å². The molecule has 0 aliphatic carbocycles. The molecule has 0 amide bonds. The minimum atomic E-state index is 0.0756. The van der Waals surface area contributed by atoms with Gasteiger partial charge in [0.05, 0.1) is 12.7 Å². The molecule has 1 aromatic carbocycles. The van der Waals surface area contributed by atoms with E-state index in [4.69, 9.17) is 9.47 Å². The van der Waals surface area contributed by atoms with Crippen molar-refractivity contribution in [3.8, 4) is 0 Å². The Bertz CT molecular complexity index is 374. The van der Waals surface area contributed by atoms with Crippen LogP contribution in [0.15, 0.2) is 27.1 Å². The smallest absolute Gasteiger partial charge is 0.0928 e. The fourth-order valence-corrected chi connectivity index (χ4v) is 3.06. The maximum atomic E-state index is 5.32. The molecule has 102 valence electrons. The zero-order valence-electron chi connectivity index (χ0n) is 10.9. The third-order valence-corrected chi connectivity index (χ3v) is 3.95. The molecular weight excluding hydrogens is 362 g/mol. The molecule has 0 aromatic heterocycles. The van der Waals surface area contributed by atoms with Gasteiger partial charge in [0.15, 0.2) is 0 Å². The number of benzene rings is 1. The van der Waals surface area contributed by atoms with Gasteiger partial charge in [0.1, 0.15) is 0 Å². The second kappa shape index (κ2) is 8.27. The summed E-state index contributed by atoms with van der Waals surface area (Å²) < 4.78 is 12.6. The average molecular weight is 381 g/mol. The molecule has 0 aliphatic rings. The van der Waals surface area contributed by atoms with Crippen LogP contribution in [0.4, 0.5) is 0 Å². The van der Waals surface area contributed by atoms with Crippen LogP contribution < -0.4 is 5.32 Å². The number of halogens is 2. The molecule has 0 heterocycles. The summed E-state index contributed by atoms with van der Waals surface area (Å²) in [5.41, 5.74) is 1.23. The van der Waals surface area contributed by atoms with Gasteiger partial charge in [0.25, 0.3) is 0 Å². The van der Waals surface area contributed by atoms with Gasteiger partial charge in [-0.15, -0.1) is 0 Å². The molecule has 18 heavy (non-hydrogen) atoms. The molecule has 1 aromatic rings. The van der Waals surface area contributed by atoms with Crippen molar-refractivity contribution in [2.45, 2.75) is 19.1 Å². The number of hydrogen-bond acceptors (Lipinski definition) is 3. The van der Waals surface area contributed by atoms with Crippen LogP contribution in [0.2, 0.25) is 0 Å². The zero-order chi connectivity index (χ0) is 13.5. The van der Waals surface area contributed by atoms with Crippen molar-refractivity contribution in [1.29, 1.82) is 0 Å². The summed E-state index contributed by atoms with van der Waals surface area (Å²) in [6.45, 7) is 3.49. The predicted molar refractivity (Wildman–Crippen MR) is 80.9 cm³/mol. The normalized spacial score (nSPS) is 14.5. The van der Waals surface area contributed by atoms with Crippen molar-refractivity contribution in [3.05, 3.63) is 32.7 Å². The van der Waals surface area contributed by atoms with Crippen molar-refractivity contribution in [3.63, 3.8) is 0 Å². The van der Waals surface area contributed by atoms with Crippen molar-refractivity contribution >= 4 is 31.9 Å². The lowest BCUT2D eigenvalue weighted by Crippen LogP contribution is -2.33. The van der Waals surface area contributed by atoms with Gasteiger partial charge in [-0.2, -0.15) is 0 Å². The summed E-state index contributed by atoms with van der Waals surface area (Å²) in [7, 11) is 3.38. The fourth-order valence-electron chi connectivity index (χ4n) is 1.67. The molecule has 0 fully saturated rings. The first-order valence-corrected chi connectivity index (χ1v) is 7.37. The van der Waals surface area contributed by atoms with E-state index < -0.39 is 0 Å². The van der Waals surface area contributed by atoms with Gasteiger partial charge in [-0.3, -0.25) is 0 Å². The van der Waals surface area contributed by atoms with Crippen LogP contribution in [-0.4, -0.2) is 33.5 Å². The molecule has 2 unspecified atom stereocenters. The minimum Gasteiger partial charge on any atom is -0.382 e. The first-order valence-electron chi connectivity index (χ1n) is 5.78. The van der Waals surface area contributed by atoms with E-state index in [0.717, 1.165) is 15.5 Å². The lowest BCUT2D eigenvalue weighted by molar-refractivity contribution is 0.0276. The largest absolute Gasteiger partial charge is 0.382 e. The van der Waals surface area contributed by atoms with E-state index >= 15 is 0 Å². The van der Waals surface area contributed by atoms with Crippen molar-refractivity contribution < 1.29 is 9.47 Å². The van der Waals surface area contributed by atoms with E-state index in [-0.39, 0.29) is 12.1 Å². The number of rotatable bonds is 7. The SMILES string of the molecule is COCC(CNC(C)c1ccc(Br)cc1Br)OC. The maximum Gasteiger partial charge on any atom is 0.0928 e. The summed E-state index contributed by atoms with van der Waals surface area (Å²) in [5, 5.41) is 3.44. The van der Waals surface area contributed by atoms with Gasteiger partial charge in [0, 0.05) is 35.8 Å². The van der Waals surface area contributed by atoms with E-state index in [2.05, 4.69) is 56.2 Å². The Morgan fingerprint density at radius 3 is 2.56 bits per heavy atom. The molecular formula is C13H19Br2NO2. The van der Waals surface area contributed by atoms with E-state index in [1.54, 1.807) is 14.2 Å². The Balaban J connectivity index is 2.56. The first-order chi connectivity index (χ1) is 8.58. The van der Waals surface area contributed by atoms with Gasteiger partial charge in [-0.05, 0) is 24.6 Å². The van der Waals surface area contributed by atoms with Crippen LogP contribution in [0.3, 0.4) is 0 Å². The molecule has 0 aliphatic heterocycles. The standard InChI is InChI=1S/C13H19Br2NO2/c1-9(16-7-11(18-3)8-17-2)12-5-4-10(14)6-13(12)15/h4-6,9,11,16H,7-8H2,1-3H3. The summed E-state index contributed by atoms with van der Waals surface area (Å²) in [5.74, 6) is 0. The third kappa shape index (κ3) is 4.97. The first kappa shape index (κ1) is 16.1. The molecule has 1 rings (SSSR count). The second-order valence-electron chi connectivity index (χ2n) is 4.11. The lowest BCUT2D eigenvalue weighted by Gasteiger charge is -2.20. The van der Waals surface area contributed by atoms with Crippen molar-refractivity contribution in [2.24, 2.45) is 0 Å². The number of methoxy groups -OCH3 is 2. The predicted octanol–water partition coefficient (Wildman–Crippen LogP) is 3.52. The van der Waals surface area contributed by atoms with Crippen LogP contribution in [-0.2, 0) is 9.47 Å². The molecule has 0 radical (unpaired) electrons. The molecule has 0 saturated heterocycles. The van der Waals surface area contributed by atoms with Crippen molar-refractivity contribution in [2.75, 3.05) is 27.4 Å². The highest BCUT2D eigenvalue weighted by molar-refractivity contribution is 9.11. The third-order valence-electron chi connectivity index (χ3n) is 2.77. The van der Waals surface area contributed by atoms with Gasteiger partial charge < -0.3 is 14.8 Å². The van der Waals surface area contributed by atoms with Crippen LogP contribution in [0, 0.1) is 0 Å². The number of nitrogens with one attached hydrogen (secondary N) is 1. The topological polar surface area (TPSA) is 30.5 Å². The van der Waals surface area contributed by atoms with Gasteiger partial charge in [-0.1, -0.05) is 37.9 Å². The highest BCUT2D eigenvalue weighted by Gasteiger charge is 2.12. The zero-order valence-corrected chi connectivity index (χ0v) is 14.0. The van der Waals surface area contributed by atoms with Crippen molar-refractivity contribution in [1.82, 2.24) is 5.32 Å². The van der Waals surface area contributed by atoms with E-state index in [9.17, 15) is 0 Å². The Hall–Kier alpha value is 0.0600. The highest BCUT2D eigenvalue weighted by Crippen LogP contribution is 2.26. The highest BCUT2D eigenvalue weighted by atomic mass is 79.9. The average Bonchev–Trinajstić information content (AvgIpc) is 2.34. The molecule has 0 spiro atoms. The second-order valence-corrected chi connectivity index (χ2v) is 5.88. The summed E-state index contributed by atoms with van der Waals surface area (Å²) >= 11 is 7.03. The summed E-state index contributed by atoms with van der Waals surface area (Å²) in [6, 6.07) is 6.45. The van der Waals surface area contributed by atoms with Crippen LogP contribution >= 0.6 is 31.9 Å². The Morgan fingerprint density at radius 1 is 1.28 bits per heavy atom. The molecule has 1 N–H and O–H groups in total. The van der Waals surface area contributed by atoms with E-state index in [1.807, 2.05) is 6.07 Å². The maximum absolute atomic E-state index is 5.32. The molecule has 5 heteroatoms. The van der Waals surface area contributed by atoms with E-state index in [0.29, 0.717) is 6.61 Å². The van der Waals surface area contributed by atoms with E-state index in [1.165, 1.54) is 5.56 Å². The van der Waals surface area contributed by atoms with Crippen LogP contribution in [0.25, 0.3) is 0 Å².